The first-order valence-electron chi connectivity index (χ1n) is 7.52. The van der Waals surface area contributed by atoms with Gasteiger partial charge >= 0.3 is 0 Å². The van der Waals surface area contributed by atoms with Crippen LogP contribution in [0.5, 0.6) is 0 Å². The minimum atomic E-state index is -0.672. The second-order valence-electron chi connectivity index (χ2n) is 5.48. The summed E-state index contributed by atoms with van der Waals surface area (Å²) in [7, 11) is 1.51. The fraction of sp³-hybridized carbons (Fsp3) is 0.263. The first-order chi connectivity index (χ1) is 11.0. The molecular weight excluding hydrogens is 288 g/mol. The molecule has 0 aliphatic carbocycles. The number of carbonyl (C=O) groups excluding carboxylic acids is 1. The highest BCUT2D eigenvalue weighted by Crippen LogP contribution is 2.17. The summed E-state index contributed by atoms with van der Waals surface area (Å²) in [6.07, 6.45) is 0.992. The lowest BCUT2D eigenvalue weighted by Crippen LogP contribution is -2.26. The van der Waals surface area contributed by atoms with Gasteiger partial charge in [0, 0.05) is 7.11 Å². The Bertz CT molecular complexity index is 709. The number of nitrogens with one attached hydrogen (secondary N) is 1. The Hall–Kier alpha value is -2.46. The minimum Gasteiger partial charge on any atom is -0.367 e. The van der Waals surface area contributed by atoms with Gasteiger partial charge in [0.05, 0.1) is 6.21 Å². The Balaban J connectivity index is 2.08. The van der Waals surface area contributed by atoms with Gasteiger partial charge in [-0.25, -0.2) is 5.43 Å². The number of carbonyl (C=O) groups is 1. The minimum absolute atomic E-state index is 0.295. The summed E-state index contributed by atoms with van der Waals surface area (Å²) in [6, 6.07) is 13.4. The summed E-state index contributed by atoms with van der Waals surface area (Å²) in [5.74, 6) is -0.295. The lowest BCUT2D eigenvalue weighted by atomic mass is 10.00. The third kappa shape index (κ3) is 4.05. The number of methoxy groups -OCH3 is 1. The summed E-state index contributed by atoms with van der Waals surface area (Å²) in [6.45, 7) is 6.21. The summed E-state index contributed by atoms with van der Waals surface area (Å²) in [5, 5.41) is 4.06. The molecule has 0 aliphatic heterocycles. The summed E-state index contributed by atoms with van der Waals surface area (Å²) >= 11 is 0. The smallest absolute Gasteiger partial charge is 0.273 e. The van der Waals surface area contributed by atoms with Crippen LogP contribution in [0, 0.1) is 20.8 Å². The Labute approximate surface area is 137 Å². The van der Waals surface area contributed by atoms with E-state index in [0.29, 0.717) is 0 Å². The van der Waals surface area contributed by atoms with Crippen molar-refractivity contribution < 1.29 is 9.53 Å². The highest BCUT2D eigenvalue weighted by molar-refractivity contribution is 5.86. The molecule has 1 atom stereocenters. The molecule has 1 unspecified atom stereocenters. The van der Waals surface area contributed by atoms with Crippen LogP contribution in [0.1, 0.15) is 33.9 Å². The van der Waals surface area contributed by atoms with E-state index in [9.17, 15) is 4.79 Å². The van der Waals surface area contributed by atoms with E-state index >= 15 is 0 Å². The number of benzene rings is 2. The third-order valence-electron chi connectivity index (χ3n) is 4.05. The molecule has 2 aromatic rings. The zero-order chi connectivity index (χ0) is 16.8. The van der Waals surface area contributed by atoms with Crippen LogP contribution in [0.4, 0.5) is 0 Å². The number of hydrazone groups is 1. The molecule has 0 bridgehead atoms. The van der Waals surface area contributed by atoms with Gasteiger partial charge in [-0.15, -0.1) is 0 Å². The zero-order valence-corrected chi connectivity index (χ0v) is 14.0. The van der Waals surface area contributed by atoms with Crippen LogP contribution in [-0.2, 0) is 9.53 Å². The number of nitrogens with zero attached hydrogens (tertiary/aromatic N) is 1. The number of rotatable bonds is 5. The molecule has 4 nitrogen and oxygen atoms in total. The van der Waals surface area contributed by atoms with E-state index in [-0.39, 0.29) is 5.91 Å². The summed E-state index contributed by atoms with van der Waals surface area (Å²) in [4.78, 5) is 12.2. The first kappa shape index (κ1) is 16.9. The van der Waals surface area contributed by atoms with Gasteiger partial charge in [0.1, 0.15) is 0 Å². The van der Waals surface area contributed by atoms with Crippen LogP contribution in [0.2, 0.25) is 0 Å². The Morgan fingerprint density at radius 3 is 2.43 bits per heavy atom. The van der Waals surface area contributed by atoms with E-state index < -0.39 is 6.10 Å². The van der Waals surface area contributed by atoms with Crippen LogP contribution in [-0.4, -0.2) is 19.2 Å². The van der Waals surface area contributed by atoms with Crippen molar-refractivity contribution in [2.75, 3.05) is 7.11 Å². The maximum absolute atomic E-state index is 12.2. The zero-order valence-electron chi connectivity index (χ0n) is 14.0. The number of ether oxygens (including phenoxy) is 1. The van der Waals surface area contributed by atoms with Crippen molar-refractivity contribution >= 4 is 12.1 Å². The summed E-state index contributed by atoms with van der Waals surface area (Å²) in [5.41, 5.74) is 7.97. The maximum atomic E-state index is 12.2. The van der Waals surface area contributed by atoms with Crippen molar-refractivity contribution in [2.24, 2.45) is 5.10 Å². The number of aryl methyl sites for hydroxylation is 1. The maximum Gasteiger partial charge on any atom is 0.273 e. The Morgan fingerprint density at radius 1 is 1.09 bits per heavy atom. The molecule has 2 aromatic carbocycles. The topological polar surface area (TPSA) is 50.7 Å². The van der Waals surface area contributed by atoms with E-state index in [4.69, 9.17) is 4.74 Å². The SMILES string of the molecule is COC(C(=O)N/N=C/c1ccc(C)c(C)c1C)c1ccccc1. The fourth-order valence-electron chi connectivity index (χ4n) is 2.36. The molecule has 1 N–H and O–H groups in total. The fourth-order valence-corrected chi connectivity index (χ4v) is 2.36. The van der Waals surface area contributed by atoms with Crippen molar-refractivity contribution in [1.82, 2.24) is 5.43 Å². The molecule has 0 aliphatic rings. The standard InChI is InChI=1S/C19H22N2O2/c1-13-10-11-17(15(3)14(13)2)12-20-21-19(22)18(23-4)16-8-6-5-7-9-16/h5-12,18H,1-4H3,(H,21,22)/b20-12+. The molecule has 2 rings (SSSR count). The van der Waals surface area contributed by atoms with Gasteiger partial charge < -0.3 is 4.74 Å². The highest BCUT2D eigenvalue weighted by atomic mass is 16.5. The Morgan fingerprint density at radius 2 is 1.78 bits per heavy atom. The molecule has 23 heavy (non-hydrogen) atoms. The predicted molar refractivity (Wildman–Crippen MR) is 92.6 cm³/mol. The molecule has 0 fully saturated rings. The van der Waals surface area contributed by atoms with E-state index in [2.05, 4.69) is 24.4 Å². The number of amides is 1. The van der Waals surface area contributed by atoms with Crippen molar-refractivity contribution in [3.63, 3.8) is 0 Å². The van der Waals surface area contributed by atoms with Gasteiger partial charge in [0.25, 0.3) is 5.91 Å². The first-order valence-corrected chi connectivity index (χ1v) is 7.52. The van der Waals surface area contributed by atoms with Gasteiger partial charge in [0.2, 0.25) is 0 Å². The summed E-state index contributed by atoms with van der Waals surface area (Å²) < 4.78 is 5.27. The van der Waals surface area contributed by atoms with Crippen LogP contribution < -0.4 is 5.43 Å². The molecule has 4 heteroatoms. The lowest BCUT2D eigenvalue weighted by Gasteiger charge is -2.13. The second kappa shape index (κ2) is 7.70. The Kier molecular flexibility index (Phi) is 5.66. The molecular formula is C19H22N2O2. The average Bonchev–Trinajstić information content (AvgIpc) is 2.56. The van der Waals surface area contributed by atoms with Gasteiger partial charge in [-0.3, -0.25) is 4.79 Å². The molecule has 0 heterocycles. The average molecular weight is 310 g/mol. The lowest BCUT2D eigenvalue weighted by molar-refractivity contribution is -0.131. The van der Waals surface area contributed by atoms with E-state index in [1.54, 1.807) is 6.21 Å². The molecule has 1 amide bonds. The van der Waals surface area contributed by atoms with Crippen molar-refractivity contribution in [3.8, 4) is 0 Å². The number of hydrogen-bond donors (Lipinski definition) is 1. The van der Waals surface area contributed by atoms with Gasteiger partial charge in [-0.05, 0) is 48.6 Å². The van der Waals surface area contributed by atoms with Crippen molar-refractivity contribution in [2.45, 2.75) is 26.9 Å². The predicted octanol–water partition coefficient (Wildman–Crippen LogP) is 3.45. The molecule has 0 spiro atoms. The van der Waals surface area contributed by atoms with Gasteiger partial charge in [0.15, 0.2) is 6.10 Å². The molecule has 0 aromatic heterocycles. The normalized spacial score (nSPS) is 12.3. The third-order valence-corrected chi connectivity index (χ3v) is 4.05. The van der Waals surface area contributed by atoms with E-state index in [1.165, 1.54) is 18.2 Å². The molecule has 0 saturated carbocycles. The van der Waals surface area contributed by atoms with Gasteiger partial charge in [-0.1, -0.05) is 42.5 Å². The monoisotopic (exact) mass is 310 g/mol. The largest absolute Gasteiger partial charge is 0.367 e. The van der Waals surface area contributed by atoms with Crippen LogP contribution in [0.15, 0.2) is 47.6 Å². The van der Waals surface area contributed by atoms with E-state index in [1.807, 2.05) is 49.4 Å². The molecule has 0 radical (unpaired) electrons. The van der Waals surface area contributed by atoms with Crippen molar-refractivity contribution in [3.05, 3.63) is 70.3 Å². The van der Waals surface area contributed by atoms with E-state index in [0.717, 1.165) is 16.7 Å². The van der Waals surface area contributed by atoms with Crippen LogP contribution >= 0.6 is 0 Å². The molecule has 0 saturated heterocycles. The van der Waals surface area contributed by atoms with Crippen LogP contribution in [0.25, 0.3) is 0 Å². The quantitative estimate of drug-likeness (QED) is 0.679. The van der Waals surface area contributed by atoms with Gasteiger partial charge in [-0.2, -0.15) is 5.10 Å². The molecule has 120 valence electrons. The second-order valence-corrected chi connectivity index (χ2v) is 5.48. The van der Waals surface area contributed by atoms with Crippen molar-refractivity contribution in [1.29, 1.82) is 0 Å². The number of hydrogen-bond acceptors (Lipinski definition) is 3. The highest BCUT2D eigenvalue weighted by Gasteiger charge is 2.19. The van der Waals surface area contributed by atoms with Crippen LogP contribution in [0.3, 0.4) is 0 Å².